The van der Waals surface area contributed by atoms with Crippen molar-refractivity contribution in [2.45, 2.75) is 50.0 Å². The summed E-state index contributed by atoms with van der Waals surface area (Å²) in [7, 11) is 1.86. The van der Waals surface area contributed by atoms with Crippen LogP contribution in [0.15, 0.2) is 18.2 Å². The fourth-order valence-electron chi connectivity index (χ4n) is 4.91. The highest BCUT2D eigenvalue weighted by molar-refractivity contribution is 6.42. The summed E-state index contributed by atoms with van der Waals surface area (Å²) in [5.74, 6) is -0.783. The van der Waals surface area contributed by atoms with E-state index in [0.717, 1.165) is 32.4 Å². The number of hydrogen-bond donors (Lipinski definition) is 0. The topological polar surface area (TPSA) is 42.0 Å². The Bertz CT molecular complexity index is 702. The molecule has 1 saturated carbocycles. The maximum Gasteiger partial charge on any atom is 0.254 e. The van der Waals surface area contributed by atoms with Crippen molar-refractivity contribution in [2.75, 3.05) is 33.4 Å². The SMILES string of the molecule is CN(C(=O)c1ccc(Cl)c(Cl)c1)[C@H]1[C@H](N2CCCC2)CCCC12OCCO2. The lowest BCUT2D eigenvalue weighted by atomic mass is 9.82. The summed E-state index contributed by atoms with van der Waals surface area (Å²) in [5.41, 5.74) is 0.533. The first-order valence-electron chi connectivity index (χ1n) is 9.76. The van der Waals surface area contributed by atoms with E-state index in [4.69, 9.17) is 32.7 Å². The van der Waals surface area contributed by atoms with Gasteiger partial charge in [0.25, 0.3) is 5.91 Å². The molecule has 148 valence electrons. The molecule has 5 nitrogen and oxygen atoms in total. The highest BCUT2D eigenvalue weighted by atomic mass is 35.5. The zero-order valence-corrected chi connectivity index (χ0v) is 17.1. The van der Waals surface area contributed by atoms with E-state index < -0.39 is 5.79 Å². The van der Waals surface area contributed by atoms with Gasteiger partial charge in [-0.15, -0.1) is 0 Å². The summed E-state index contributed by atoms with van der Waals surface area (Å²) in [6.45, 7) is 3.31. The maximum absolute atomic E-state index is 13.3. The second-order valence-corrected chi connectivity index (χ2v) is 8.52. The van der Waals surface area contributed by atoms with E-state index in [-0.39, 0.29) is 18.0 Å². The molecule has 0 bridgehead atoms. The molecule has 0 radical (unpaired) electrons. The van der Waals surface area contributed by atoms with Crippen LogP contribution in [-0.2, 0) is 9.47 Å². The first-order chi connectivity index (χ1) is 13.0. The van der Waals surface area contributed by atoms with Gasteiger partial charge >= 0.3 is 0 Å². The number of benzene rings is 1. The highest BCUT2D eigenvalue weighted by Gasteiger charge is 2.54. The number of hydrogen-bond acceptors (Lipinski definition) is 4. The monoisotopic (exact) mass is 412 g/mol. The zero-order chi connectivity index (χ0) is 19.0. The van der Waals surface area contributed by atoms with Crippen LogP contribution in [0.4, 0.5) is 0 Å². The van der Waals surface area contributed by atoms with Gasteiger partial charge in [-0.25, -0.2) is 0 Å². The second kappa shape index (κ2) is 7.88. The summed E-state index contributed by atoms with van der Waals surface area (Å²) in [4.78, 5) is 17.6. The summed E-state index contributed by atoms with van der Waals surface area (Å²) < 4.78 is 12.3. The third-order valence-corrected chi connectivity index (χ3v) is 6.87. The van der Waals surface area contributed by atoms with Crippen LogP contribution in [0.25, 0.3) is 0 Å². The van der Waals surface area contributed by atoms with Crippen molar-refractivity contribution < 1.29 is 14.3 Å². The van der Waals surface area contributed by atoms with Crippen LogP contribution in [0.5, 0.6) is 0 Å². The smallest absolute Gasteiger partial charge is 0.254 e. The van der Waals surface area contributed by atoms with Crippen molar-refractivity contribution >= 4 is 29.1 Å². The average Bonchev–Trinajstić information content (AvgIpc) is 3.35. The third kappa shape index (κ3) is 3.60. The van der Waals surface area contributed by atoms with Crippen molar-refractivity contribution in [3.05, 3.63) is 33.8 Å². The van der Waals surface area contributed by atoms with Gasteiger partial charge in [0.2, 0.25) is 0 Å². The predicted molar refractivity (Wildman–Crippen MR) is 105 cm³/mol. The van der Waals surface area contributed by atoms with Gasteiger partial charge in [-0.1, -0.05) is 23.2 Å². The molecule has 27 heavy (non-hydrogen) atoms. The summed E-state index contributed by atoms with van der Waals surface area (Å²) in [6, 6.07) is 5.13. The van der Waals surface area contributed by atoms with Gasteiger partial charge in [-0.05, 0) is 57.0 Å². The number of amides is 1. The predicted octanol–water partition coefficient (Wildman–Crippen LogP) is 3.83. The van der Waals surface area contributed by atoms with Gasteiger partial charge in [0.15, 0.2) is 5.79 Å². The molecule has 2 atom stereocenters. The Hall–Kier alpha value is -0.850. The molecule has 2 saturated heterocycles. The fraction of sp³-hybridized carbons (Fsp3) is 0.650. The lowest BCUT2D eigenvalue weighted by Crippen LogP contribution is -2.65. The molecule has 3 fully saturated rings. The van der Waals surface area contributed by atoms with E-state index in [1.54, 1.807) is 18.2 Å². The molecule has 0 aromatic heterocycles. The fourth-order valence-corrected chi connectivity index (χ4v) is 5.21. The van der Waals surface area contributed by atoms with Crippen LogP contribution in [0, 0.1) is 0 Å². The van der Waals surface area contributed by atoms with E-state index in [9.17, 15) is 4.79 Å². The number of carbonyl (C=O) groups is 1. The van der Waals surface area contributed by atoms with Crippen LogP contribution in [0.3, 0.4) is 0 Å². The summed E-state index contributed by atoms with van der Waals surface area (Å²) in [6.07, 6.45) is 5.34. The van der Waals surface area contributed by atoms with E-state index in [0.29, 0.717) is 28.8 Å². The highest BCUT2D eigenvalue weighted by Crippen LogP contribution is 2.41. The molecule has 1 aromatic rings. The van der Waals surface area contributed by atoms with Crippen LogP contribution < -0.4 is 0 Å². The Kier molecular flexibility index (Phi) is 5.68. The third-order valence-electron chi connectivity index (χ3n) is 6.13. The first-order valence-corrected chi connectivity index (χ1v) is 10.5. The van der Waals surface area contributed by atoms with Crippen LogP contribution in [0.1, 0.15) is 42.5 Å². The van der Waals surface area contributed by atoms with Crippen molar-refractivity contribution in [3.63, 3.8) is 0 Å². The van der Waals surface area contributed by atoms with Gasteiger partial charge in [0.05, 0.1) is 23.3 Å². The maximum atomic E-state index is 13.3. The van der Waals surface area contributed by atoms with Gasteiger partial charge < -0.3 is 14.4 Å². The van der Waals surface area contributed by atoms with E-state index >= 15 is 0 Å². The molecule has 7 heteroatoms. The van der Waals surface area contributed by atoms with Gasteiger partial charge in [-0.2, -0.15) is 0 Å². The number of rotatable bonds is 3. The molecule has 0 N–H and O–H groups in total. The van der Waals surface area contributed by atoms with Crippen molar-refractivity contribution in [1.82, 2.24) is 9.80 Å². The van der Waals surface area contributed by atoms with E-state index in [2.05, 4.69) is 4.90 Å². The largest absolute Gasteiger partial charge is 0.345 e. The van der Waals surface area contributed by atoms with E-state index in [1.165, 1.54) is 12.8 Å². The number of halogens is 2. The lowest BCUT2D eigenvalue weighted by molar-refractivity contribution is -0.224. The number of carbonyl (C=O) groups excluding carboxylic acids is 1. The summed E-state index contributed by atoms with van der Waals surface area (Å²) >= 11 is 12.2. The van der Waals surface area contributed by atoms with Gasteiger partial charge in [0.1, 0.15) is 6.04 Å². The molecule has 0 unspecified atom stereocenters. The van der Waals surface area contributed by atoms with Crippen LogP contribution >= 0.6 is 23.2 Å². The molecular formula is C20H26Cl2N2O3. The first kappa shape index (κ1) is 19.5. The van der Waals surface area contributed by atoms with Gasteiger partial charge in [0, 0.05) is 25.1 Å². The van der Waals surface area contributed by atoms with Crippen molar-refractivity contribution in [2.24, 2.45) is 0 Å². The molecular weight excluding hydrogens is 387 g/mol. The molecule has 4 rings (SSSR count). The standard InChI is InChI=1S/C20H26Cl2N2O3/c1-23(19(25)14-6-7-15(21)16(22)13-14)18-17(24-9-2-3-10-24)5-4-8-20(18)26-11-12-27-20/h6-7,13,17-18H,2-5,8-12H2,1H3/t17-,18+/m1/s1. The van der Waals surface area contributed by atoms with Crippen molar-refractivity contribution in [1.29, 1.82) is 0 Å². The second-order valence-electron chi connectivity index (χ2n) is 7.70. The minimum absolute atomic E-state index is 0.0804. The summed E-state index contributed by atoms with van der Waals surface area (Å²) in [5, 5.41) is 0.834. The molecule has 1 amide bonds. The number of likely N-dealkylation sites (tertiary alicyclic amines) is 1. The van der Waals surface area contributed by atoms with Crippen LogP contribution in [0.2, 0.25) is 10.0 Å². The minimum Gasteiger partial charge on any atom is -0.345 e. The number of ether oxygens (including phenoxy) is 2. The Labute approximate surface area is 170 Å². The Morgan fingerprint density at radius 1 is 1.15 bits per heavy atom. The molecule has 3 aliphatic rings. The Balaban J connectivity index is 1.66. The Morgan fingerprint density at radius 2 is 1.85 bits per heavy atom. The molecule has 1 aromatic carbocycles. The zero-order valence-electron chi connectivity index (χ0n) is 15.6. The normalized spacial score (nSPS) is 28.0. The average molecular weight is 413 g/mol. The Morgan fingerprint density at radius 3 is 2.52 bits per heavy atom. The number of nitrogens with zero attached hydrogens (tertiary/aromatic N) is 2. The molecule has 2 aliphatic heterocycles. The number of likely N-dealkylation sites (N-methyl/N-ethyl adjacent to an activating group) is 1. The lowest BCUT2D eigenvalue weighted by Gasteiger charge is -2.50. The molecule has 1 spiro atoms. The van der Waals surface area contributed by atoms with Gasteiger partial charge in [-0.3, -0.25) is 9.69 Å². The minimum atomic E-state index is -0.702. The van der Waals surface area contributed by atoms with Crippen LogP contribution in [-0.4, -0.2) is 66.9 Å². The molecule has 2 heterocycles. The van der Waals surface area contributed by atoms with Crippen molar-refractivity contribution in [3.8, 4) is 0 Å². The van der Waals surface area contributed by atoms with E-state index in [1.807, 2.05) is 11.9 Å². The molecule has 1 aliphatic carbocycles. The quantitative estimate of drug-likeness (QED) is 0.756.